The first-order chi connectivity index (χ1) is 13.7. The first kappa shape index (κ1) is 18.4. The second-order valence-corrected chi connectivity index (χ2v) is 7.31. The largest absolute Gasteiger partial charge is 0.484 e. The highest BCUT2D eigenvalue weighted by atomic mass is 32.1. The number of hydrogen-bond donors (Lipinski definition) is 0. The number of methoxy groups -OCH3 is 1. The van der Waals surface area contributed by atoms with E-state index in [2.05, 4.69) is 4.98 Å². The van der Waals surface area contributed by atoms with Crippen LogP contribution in [0.25, 0.3) is 21.0 Å². The predicted octanol–water partition coefficient (Wildman–Crippen LogP) is 4.51. The fraction of sp³-hybridized carbons (Fsp3) is 0.182. The molecule has 28 heavy (non-hydrogen) atoms. The minimum atomic E-state index is -0.149. The van der Waals surface area contributed by atoms with E-state index in [0.717, 1.165) is 21.0 Å². The van der Waals surface area contributed by atoms with Gasteiger partial charge in [-0.25, -0.2) is 4.98 Å². The summed E-state index contributed by atoms with van der Waals surface area (Å²) in [5.74, 6) is 0.521. The van der Waals surface area contributed by atoms with Gasteiger partial charge >= 0.3 is 0 Å². The second-order valence-electron chi connectivity index (χ2n) is 6.30. The number of carbonyl (C=O) groups excluding carboxylic acids is 1. The normalized spacial score (nSPS) is 11.0. The van der Waals surface area contributed by atoms with Crippen LogP contribution < -0.4 is 9.64 Å². The molecule has 0 spiro atoms. The van der Waals surface area contributed by atoms with Crippen molar-refractivity contribution in [3.05, 3.63) is 66.7 Å². The number of hydrogen-bond acceptors (Lipinski definition) is 5. The highest BCUT2D eigenvalue weighted by Gasteiger charge is 2.20. The smallest absolute Gasteiger partial charge is 0.266 e. The molecule has 0 saturated carbocycles. The van der Waals surface area contributed by atoms with Gasteiger partial charge in [0.2, 0.25) is 0 Å². The molecule has 0 saturated heterocycles. The van der Waals surface area contributed by atoms with E-state index in [0.29, 0.717) is 24.0 Å². The molecular weight excluding hydrogens is 372 g/mol. The van der Waals surface area contributed by atoms with Crippen molar-refractivity contribution in [1.29, 1.82) is 0 Å². The molecule has 6 heteroatoms. The SMILES string of the molecule is COCCN(C(=O)COc1ccc2ccccc2c1)c1nc2ccccc2s1. The van der Waals surface area contributed by atoms with Crippen molar-refractivity contribution in [1.82, 2.24) is 4.98 Å². The molecule has 4 aromatic rings. The fourth-order valence-electron chi connectivity index (χ4n) is 2.97. The maximum atomic E-state index is 12.9. The molecule has 0 atom stereocenters. The van der Waals surface area contributed by atoms with Gasteiger partial charge in [0.25, 0.3) is 5.91 Å². The van der Waals surface area contributed by atoms with Crippen LogP contribution in [0.15, 0.2) is 66.7 Å². The van der Waals surface area contributed by atoms with Gasteiger partial charge in [0.05, 0.1) is 23.4 Å². The van der Waals surface area contributed by atoms with Gasteiger partial charge in [-0.3, -0.25) is 9.69 Å². The summed E-state index contributed by atoms with van der Waals surface area (Å²) in [4.78, 5) is 19.1. The lowest BCUT2D eigenvalue weighted by Crippen LogP contribution is -2.37. The Morgan fingerprint density at radius 2 is 1.82 bits per heavy atom. The lowest BCUT2D eigenvalue weighted by Gasteiger charge is -2.19. The Labute approximate surface area is 167 Å². The molecule has 0 unspecified atom stereocenters. The van der Waals surface area contributed by atoms with E-state index < -0.39 is 0 Å². The van der Waals surface area contributed by atoms with Crippen LogP contribution >= 0.6 is 11.3 Å². The Morgan fingerprint density at radius 3 is 2.64 bits per heavy atom. The van der Waals surface area contributed by atoms with Crippen molar-refractivity contribution >= 4 is 43.4 Å². The summed E-state index contributed by atoms with van der Waals surface area (Å²) >= 11 is 1.49. The molecule has 1 heterocycles. The van der Waals surface area contributed by atoms with Crippen LogP contribution in [0.4, 0.5) is 5.13 Å². The van der Waals surface area contributed by atoms with E-state index in [-0.39, 0.29) is 12.5 Å². The van der Waals surface area contributed by atoms with Crippen LogP contribution in [0.3, 0.4) is 0 Å². The summed E-state index contributed by atoms with van der Waals surface area (Å²) in [5.41, 5.74) is 0.883. The predicted molar refractivity (Wildman–Crippen MR) is 113 cm³/mol. The van der Waals surface area contributed by atoms with Crippen LogP contribution in [0.1, 0.15) is 0 Å². The summed E-state index contributed by atoms with van der Waals surface area (Å²) in [7, 11) is 1.62. The molecule has 0 aliphatic heterocycles. The quantitative estimate of drug-likeness (QED) is 0.464. The van der Waals surface area contributed by atoms with Gasteiger partial charge in [-0.15, -0.1) is 0 Å². The van der Waals surface area contributed by atoms with Crippen LogP contribution in [0.5, 0.6) is 5.75 Å². The lowest BCUT2D eigenvalue weighted by atomic mass is 10.1. The standard InChI is InChI=1S/C22H20N2O3S/c1-26-13-12-24(22-23-19-8-4-5-9-20(19)28-22)21(25)15-27-18-11-10-16-6-2-3-7-17(16)14-18/h2-11,14H,12-13,15H2,1H3. The Hall–Kier alpha value is -2.96. The summed E-state index contributed by atoms with van der Waals surface area (Å²) in [6, 6.07) is 21.7. The van der Waals surface area contributed by atoms with Gasteiger partial charge in [0.1, 0.15) is 5.75 Å². The minimum absolute atomic E-state index is 0.0576. The van der Waals surface area contributed by atoms with Crippen molar-refractivity contribution in [3.63, 3.8) is 0 Å². The van der Waals surface area contributed by atoms with Crippen molar-refractivity contribution in [2.45, 2.75) is 0 Å². The molecule has 142 valence electrons. The zero-order chi connectivity index (χ0) is 19.3. The first-order valence-electron chi connectivity index (χ1n) is 9.01. The average molecular weight is 392 g/mol. The summed E-state index contributed by atoms with van der Waals surface area (Å²) in [6.07, 6.45) is 0. The number of ether oxygens (including phenoxy) is 2. The monoisotopic (exact) mass is 392 g/mol. The molecule has 0 bridgehead atoms. The maximum absolute atomic E-state index is 12.9. The van der Waals surface area contributed by atoms with Gasteiger partial charge in [-0.1, -0.05) is 53.8 Å². The summed E-state index contributed by atoms with van der Waals surface area (Å²) in [5, 5.41) is 2.87. The third kappa shape index (κ3) is 3.98. The molecule has 0 fully saturated rings. The second kappa shape index (κ2) is 8.37. The molecular formula is C22H20N2O3S. The molecule has 0 N–H and O–H groups in total. The highest BCUT2D eigenvalue weighted by Crippen LogP contribution is 2.29. The fourth-order valence-corrected chi connectivity index (χ4v) is 3.97. The van der Waals surface area contributed by atoms with E-state index >= 15 is 0 Å². The molecule has 1 amide bonds. The Balaban J connectivity index is 1.51. The molecule has 5 nitrogen and oxygen atoms in total. The zero-order valence-corrected chi connectivity index (χ0v) is 16.3. The molecule has 4 rings (SSSR count). The number of para-hydroxylation sites is 1. The third-order valence-electron chi connectivity index (χ3n) is 4.42. The molecule has 0 aliphatic carbocycles. The van der Waals surface area contributed by atoms with Crippen molar-refractivity contribution < 1.29 is 14.3 Å². The zero-order valence-electron chi connectivity index (χ0n) is 15.5. The molecule has 0 aliphatic rings. The third-order valence-corrected chi connectivity index (χ3v) is 5.48. The maximum Gasteiger partial charge on any atom is 0.266 e. The number of benzene rings is 3. The van der Waals surface area contributed by atoms with E-state index in [1.807, 2.05) is 66.7 Å². The van der Waals surface area contributed by atoms with Gasteiger partial charge in [-0.05, 0) is 35.0 Å². The molecule has 0 radical (unpaired) electrons. The molecule has 3 aromatic carbocycles. The average Bonchev–Trinajstić information content (AvgIpc) is 3.16. The van der Waals surface area contributed by atoms with E-state index in [9.17, 15) is 4.79 Å². The van der Waals surface area contributed by atoms with E-state index in [1.165, 1.54) is 11.3 Å². The van der Waals surface area contributed by atoms with Crippen molar-refractivity contribution in [3.8, 4) is 5.75 Å². The first-order valence-corrected chi connectivity index (χ1v) is 9.83. The lowest BCUT2D eigenvalue weighted by molar-refractivity contribution is -0.120. The number of aromatic nitrogens is 1. The summed E-state index contributed by atoms with van der Waals surface area (Å²) < 4.78 is 12.0. The van der Waals surface area contributed by atoms with Gasteiger partial charge < -0.3 is 9.47 Å². The van der Waals surface area contributed by atoms with Crippen LogP contribution in [0, 0.1) is 0 Å². The number of rotatable bonds is 7. The van der Waals surface area contributed by atoms with Crippen LogP contribution in [-0.4, -0.2) is 37.8 Å². The van der Waals surface area contributed by atoms with Gasteiger partial charge in [0, 0.05) is 7.11 Å². The minimum Gasteiger partial charge on any atom is -0.484 e. The summed E-state index contributed by atoms with van der Waals surface area (Å²) in [6.45, 7) is 0.797. The number of fused-ring (bicyclic) bond motifs is 2. The number of nitrogens with zero attached hydrogens (tertiary/aromatic N) is 2. The van der Waals surface area contributed by atoms with Gasteiger partial charge in [-0.2, -0.15) is 0 Å². The highest BCUT2D eigenvalue weighted by molar-refractivity contribution is 7.22. The van der Waals surface area contributed by atoms with E-state index in [4.69, 9.17) is 9.47 Å². The molecule has 1 aromatic heterocycles. The topological polar surface area (TPSA) is 51.7 Å². The van der Waals surface area contributed by atoms with Crippen LogP contribution in [0.2, 0.25) is 0 Å². The Morgan fingerprint density at radius 1 is 1.04 bits per heavy atom. The Bertz CT molecular complexity index is 1080. The number of thiazole rings is 1. The van der Waals surface area contributed by atoms with Crippen molar-refractivity contribution in [2.24, 2.45) is 0 Å². The van der Waals surface area contributed by atoms with Gasteiger partial charge in [0.15, 0.2) is 11.7 Å². The van der Waals surface area contributed by atoms with E-state index in [1.54, 1.807) is 12.0 Å². The number of amides is 1. The van der Waals surface area contributed by atoms with Crippen molar-refractivity contribution in [2.75, 3.05) is 31.8 Å². The number of carbonyl (C=O) groups is 1. The number of anilines is 1. The Kier molecular flexibility index (Phi) is 5.50. The van der Waals surface area contributed by atoms with Crippen LogP contribution in [-0.2, 0) is 9.53 Å².